The Hall–Kier alpha value is -2.81. The summed E-state index contributed by atoms with van der Waals surface area (Å²) in [6, 6.07) is 8.92. The molecule has 0 saturated heterocycles. The zero-order valence-corrected chi connectivity index (χ0v) is 28.1. The van der Waals surface area contributed by atoms with Gasteiger partial charge in [0.05, 0.1) is 0 Å². The Morgan fingerprint density at radius 1 is 1.12 bits per heavy atom. The Morgan fingerprint density at radius 2 is 1.75 bits per heavy atom. The summed E-state index contributed by atoms with van der Waals surface area (Å²) in [4.78, 5) is 8.87. The summed E-state index contributed by atoms with van der Waals surface area (Å²) in [7, 11) is 8.12. The van der Waals surface area contributed by atoms with E-state index >= 15 is 0 Å². The highest BCUT2D eigenvalue weighted by atomic mass is 79.9. The van der Waals surface area contributed by atoms with E-state index in [1.165, 1.54) is 24.8 Å². The molecule has 218 valence electrons. The number of ether oxygens (including phenoxy) is 1. The van der Waals surface area contributed by atoms with Gasteiger partial charge in [0.15, 0.2) is 0 Å². The van der Waals surface area contributed by atoms with Crippen LogP contribution in [0.25, 0.3) is 5.76 Å². The van der Waals surface area contributed by atoms with Crippen molar-refractivity contribution >= 4 is 27.6 Å². The normalized spacial score (nSPS) is 18.2. The first kappa shape index (κ1) is 35.2. The van der Waals surface area contributed by atoms with Gasteiger partial charge in [-0.2, -0.15) is 0 Å². The van der Waals surface area contributed by atoms with Gasteiger partial charge in [0.25, 0.3) is 0 Å². The maximum absolute atomic E-state index is 6.04. The van der Waals surface area contributed by atoms with E-state index in [1.54, 1.807) is 14.0 Å². The minimum atomic E-state index is 0.478. The summed E-state index contributed by atoms with van der Waals surface area (Å²) < 4.78 is 7.06. The van der Waals surface area contributed by atoms with Gasteiger partial charge in [-0.25, -0.2) is 0 Å². The van der Waals surface area contributed by atoms with Crippen LogP contribution >= 0.6 is 15.9 Å². The molecule has 4 nitrogen and oxygen atoms in total. The predicted octanol–water partition coefficient (Wildman–Crippen LogP) is 8.78. The third kappa shape index (κ3) is 12.1. The number of aliphatic imine (C=N–C) groups is 1. The molecule has 1 fully saturated rings. The number of benzene rings is 1. The molecule has 0 aliphatic heterocycles. The van der Waals surface area contributed by atoms with Crippen LogP contribution in [0.2, 0.25) is 0 Å². The average molecular weight is 609 g/mol. The van der Waals surface area contributed by atoms with Gasteiger partial charge >= 0.3 is 0 Å². The lowest BCUT2D eigenvalue weighted by Crippen LogP contribution is -2.24. The van der Waals surface area contributed by atoms with E-state index in [1.807, 2.05) is 50.3 Å². The number of hydrogen-bond donors (Lipinski definition) is 0. The summed E-state index contributed by atoms with van der Waals surface area (Å²) in [5, 5.41) is 0. The zero-order valence-electron chi connectivity index (χ0n) is 26.5. The molecule has 1 aliphatic carbocycles. The van der Waals surface area contributed by atoms with Crippen molar-refractivity contribution in [2.24, 2.45) is 10.9 Å². The first-order valence-electron chi connectivity index (χ1n) is 13.9. The summed E-state index contributed by atoms with van der Waals surface area (Å²) >= 11 is 3.61. The molecular formula is C35H50BrN3O. The van der Waals surface area contributed by atoms with Crippen molar-refractivity contribution in [1.82, 2.24) is 9.80 Å². The highest BCUT2D eigenvalue weighted by Crippen LogP contribution is 2.27. The molecule has 2 atom stereocenters. The minimum absolute atomic E-state index is 0.478. The van der Waals surface area contributed by atoms with E-state index in [-0.39, 0.29) is 0 Å². The van der Waals surface area contributed by atoms with Gasteiger partial charge in [-0.05, 0) is 101 Å². The standard InChI is InChI=1S/C27H33BrN2O.C8H17N/c1-10-11-12-25(17-21(5)18-30(9)22(6)26(28)19(2)3)27(29-8)31-23(7)24-15-13-20(4)14-16-24;1-7-4-5-8(6-7)9(2)3/h12-17H,2,7,18H2,1,3-6,8-9H3;7-8H,4-6H2,1-3H3/b21-17+,25-12+,26-22+,29-27?;. The van der Waals surface area contributed by atoms with E-state index in [0.717, 1.165) is 51.0 Å². The van der Waals surface area contributed by atoms with Crippen molar-refractivity contribution in [2.75, 3.05) is 34.7 Å². The molecule has 1 saturated carbocycles. The second-order valence-electron chi connectivity index (χ2n) is 11.0. The molecule has 0 spiro atoms. The average Bonchev–Trinajstić information content (AvgIpc) is 3.36. The number of likely N-dealkylation sites (N-methyl/N-ethyl adjacent to an activating group) is 1. The Kier molecular flexibility index (Phi) is 15.7. The topological polar surface area (TPSA) is 28.1 Å². The van der Waals surface area contributed by atoms with E-state index in [0.29, 0.717) is 11.7 Å². The fourth-order valence-electron chi connectivity index (χ4n) is 4.39. The summed E-state index contributed by atoms with van der Waals surface area (Å²) in [5.74, 6) is 7.91. The lowest BCUT2D eigenvalue weighted by Gasteiger charge is -2.22. The molecule has 0 bridgehead atoms. The zero-order chi connectivity index (χ0) is 30.4. The maximum atomic E-state index is 6.04. The number of halogens is 1. The smallest absolute Gasteiger partial charge is 0.222 e. The lowest BCUT2D eigenvalue weighted by atomic mass is 10.1. The molecule has 0 heterocycles. The monoisotopic (exact) mass is 607 g/mol. The van der Waals surface area contributed by atoms with Crippen LogP contribution in [0.5, 0.6) is 0 Å². The molecule has 2 unspecified atom stereocenters. The van der Waals surface area contributed by atoms with Crippen LogP contribution in [0, 0.1) is 24.7 Å². The molecule has 0 aromatic heterocycles. The van der Waals surface area contributed by atoms with Gasteiger partial charge in [-0.3, -0.25) is 4.99 Å². The molecule has 40 heavy (non-hydrogen) atoms. The largest absolute Gasteiger partial charge is 0.439 e. The van der Waals surface area contributed by atoms with Crippen molar-refractivity contribution < 1.29 is 4.74 Å². The SMILES string of the molecule is C=C(C)/C(Br)=C(/C)N(C)C/C(C)=C/C(=C\C#CC)C(=NC)OC(=C)c1ccc(C)cc1.CC1CCC(N(C)C)C1. The summed E-state index contributed by atoms with van der Waals surface area (Å²) in [6.45, 7) is 21.1. The van der Waals surface area contributed by atoms with E-state index in [9.17, 15) is 0 Å². The van der Waals surface area contributed by atoms with Crippen molar-refractivity contribution in [3.8, 4) is 11.8 Å². The van der Waals surface area contributed by atoms with Crippen molar-refractivity contribution in [1.29, 1.82) is 0 Å². The summed E-state index contributed by atoms with van der Waals surface area (Å²) in [6.07, 6.45) is 8.12. The predicted molar refractivity (Wildman–Crippen MR) is 180 cm³/mol. The van der Waals surface area contributed by atoms with E-state index in [4.69, 9.17) is 4.74 Å². The van der Waals surface area contributed by atoms with Crippen LogP contribution < -0.4 is 0 Å². The Labute approximate surface area is 253 Å². The second-order valence-corrected chi connectivity index (χ2v) is 11.8. The first-order valence-corrected chi connectivity index (χ1v) is 14.7. The quantitative estimate of drug-likeness (QED) is 0.0923. The fraction of sp³-hybridized carbons (Fsp3) is 0.457. The van der Waals surface area contributed by atoms with Crippen LogP contribution in [0.3, 0.4) is 0 Å². The van der Waals surface area contributed by atoms with Gasteiger partial charge in [-0.1, -0.05) is 61.4 Å². The van der Waals surface area contributed by atoms with E-state index < -0.39 is 0 Å². The maximum Gasteiger partial charge on any atom is 0.222 e. The molecular weight excluding hydrogens is 558 g/mol. The first-order chi connectivity index (χ1) is 18.8. The van der Waals surface area contributed by atoms with Gasteiger partial charge in [0, 0.05) is 54.1 Å². The van der Waals surface area contributed by atoms with Crippen molar-refractivity contribution in [2.45, 2.75) is 66.8 Å². The molecule has 5 heteroatoms. The van der Waals surface area contributed by atoms with Crippen LogP contribution in [-0.4, -0.2) is 56.5 Å². The van der Waals surface area contributed by atoms with E-state index in [2.05, 4.69) is 97.6 Å². The van der Waals surface area contributed by atoms with Gasteiger partial charge in [-0.15, -0.1) is 5.92 Å². The molecule has 1 aliphatic rings. The third-order valence-electron chi connectivity index (χ3n) is 6.97. The molecule has 0 radical (unpaired) electrons. The lowest BCUT2D eigenvalue weighted by molar-refractivity contribution is 0.293. The molecule has 1 aromatic carbocycles. The second kappa shape index (κ2) is 17.8. The summed E-state index contributed by atoms with van der Waals surface area (Å²) in [5.41, 5.74) is 6.15. The van der Waals surface area contributed by atoms with Crippen molar-refractivity contribution in [3.63, 3.8) is 0 Å². The number of rotatable bonds is 9. The highest BCUT2D eigenvalue weighted by Gasteiger charge is 2.22. The van der Waals surface area contributed by atoms with Crippen LogP contribution in [0.1, 0.15) is 65.0 Å². The van der Waals surface area contributed by atoms with Gasteiger partial charge < -0.3 is 14.5 Å². The molecule has 1 aromatic rings. The Bertz CT molecular complexity index is 1190. The highest BCUT2D eigenvalue weighted by molar-refractivity contribution is 9.12. The molecule has 2 rings (SSSR count). The van der Waals surface area contributed by atoms with Crippen LogP contribution in [-0.2, 0) is 4.74 Å². The van der Waals surface area contributed by atoms with Gasteiger partial charge in [0.1, 0.15) is 5.76 Å². The Morgan fingerprint density at radius 3 is 2.20 bits per heavy atom. The van der Waals surface area contributed by atoms with Gasteiger partial charge in [0.2, 0.25) is 5.90 Å². The number of hydrogen-bond acceptors (Lipinski definition) is 4. The Balaban J connectivity index is 0.000000747. The number of nitrogens with zero attached hydrogens (tertiary/aromatic N) is 3. The third-order valence-corrected chi connectivity index (χ3v) is 8.22. The number of allylic oxidation sites excluding steroid dienone is 4. The number of aryl methyl sites for hydroxylation is 1. The minimum Gasteiger partial charge on any atom is -0.439 e. The van der Waals surface area contributed by atoms with Crippen LogP contribution in [0.4, 0.5) is 0 Å². The molecule has 0 N–H and O–H groups in total. The fourth-order valence-corrected chi connectivity index (χ4v) is 4.69. The van der Waals surface area contributed by atoms with Crippen LogP contribution in [0.15, 0.2) is 81.5 Å². The molecule has 0 amide bonds. The van der Waals surface area contributed by atoms with Crippen molar-refractivity contribution in [3.05, 3.63) is 87.6 Å².